The van der Waals surface area contributed by atoms with E-state index in [1.165, 1.54) is 5.56 Å². The first-order valence-electron chi connectivity index (χ1n) is 10.9. The molecule has 0 fully saturated rings. The number of rotatable bonds is 6. The van der Waals surface area contributed by atoms with E-state index in [4.69, 9.17) is 0 Å². The van der Waals surface area contributed by atoms with Gasteiger partial charge in [-0.1, -0.05) is 77.9 Å². The normalized spacial score (nSPS) is 10.8. The Hall–Kier alpha value is -3.99. The minimum atomic E-state index is -0.327. The Bertz CT molecular complexity index is 1320. The molecule has 4 rings (SSSR count). The summed E-state index contributed by atoms with van der Waals surface area (Å²) >= 11 is 0. The summed E-state index contributed by atoms with van der Waals surface area (Å²) < 4.78 is 1.89. The number of carbonyl (C=O) groups is 2. The number of hydrogen-bond donors (Lipinski definition) is 1. The number of aryl methyl sites for hydroxylation is 3. The van der Waals surface area contributed by atoms with Crippen molar-refractivity contribution < 1.29 is 9.59 Å². The number of ketones is 1. The molecule has 1 heterocycles. The van der Waals surface area contributed by atoms with E-state index in [-0.39, 0.29) is 11.7 Å². The van der Waals surface area contributed by atoms with E-state index in [0.29, 0.717) is 28.9 Å². The molecule has 0 saturated carbocycles. The lowest BCUT2D eigenvalue weighted by atomic mass is 9.97. The fraction of sp³-hybridized carbons (Fsp3) is 0.179. The first-order valence-corrected chi connectivity index (χ1v) is 10.9. The molecule has 0 aliphatic heterocycles. The van der Waals surface area contributed by atoms with Crippen molar-refractivity contribution in [2.24, 2.45) is 0 Å². The Morgan fingerprint density at radius 1 is 0.788 bits per heavy atom. The van der Waals surface area contributed by atoms with Gasteiger partial charge in [-0.3, -0.25) is 14.3 Å². The highest BCUT2D eigenvalue weighted by Crippen LogP contribution is 2.23. The molecule has 3 aromatic carbocycles. The van der Waals surface area contributed by atoms with Gasteiger partial charge in [0.25, 0.3) is 5.91 Å². The fourth-order valence-corrected chi connectivity index (χ4v) is 3.82. The van der Waals surface area contributed by atoms with E-state index in [1.807, 2.05) is 37.6 Å². The maximum absolute atomic E-state index is 13.2. The zero-order valence-electron chi connectivity index (χ0n) is 19.3. The van der Waals surface area contributed by atoms with Crippen LogP contribution in [0.1, 0.15) is 54.4 Å². The Balaban J connectivity index is 1.59. The number of amides is 1. The van der Waals surface area contributed by atoms with Crippen molar-refractivity contribution in [3.8, 4) is 0 Å². The highest BCUT2D eigenvalue weighted by molar-refractivity contribution is 6.17. The average molecular weight is 438 g/mol. The number of anilines is 1. The van der Waals surface area contributed by atoms with Gasteiger partial charge in [-0.05, 0) is 39.3 Å². The van der Waals surface area contributed by atoms with Crippen LogP contribution in [-0.4, -0.2) is 21.5 Å². The van der Waals surface area contributed by atoms with Crippen LogP contribution in [0.15, 0.2) is 72.8 Å². The second-order valence-corrected chi connectivity index (χ2v) is 8.38. The Kier molecular flexibility index (Phi) is 6.22. The molecule has 0 bridgehead atoms. The summed E-state index contributed by atoms with van der Waals surface area (Å²) in [6, 6.07) is 22.6. The summed E-state index contributed by atoms with van der Waals surface area (Å²) in [4.78, 5) is 26.3. The summed E-state index contributed by atoms with van der Waals surface area (Å²) in [7, 11) is 0. The SMILES string of the molecule is Cc1ccc(Cn2nc(C)c(NC(=O)c3ccccc3C(=O)c3ccc(C)cc3)c2C)cc1. The predicted octanol–water partition coefficient (Wildman–Crippen LogP) is 5.65. The molecule has 0 aliphatic rings. The van der Waals surface area contributed by atoms with Crippen LogP contribution in [-0.2, 0) is 6.54 Å². The van der Waals surface area contributed by atoms with Crippen molar-refractivity contribution in [2.75, 3.05) is 5.32 Å². The van der Waals surface area contributed by atoms with E-state index in [9.17, 15) is 9.59 Å². The van der Waals surface area contributed by atoms with E-state index < -0.39 is 0 Å². The summed E-state index contributed by atoms with van der Waals surface area (Å²) in [6.45, 7) is 8.46. The van der Waals surface area contributed by atoms with Crippen molar-refractivity contribution in [2.45, 2.75) is 34.2 Å². The van der Waals surface area contributed by atoms with Gasteiger partial charge in [-0.15, -0.1) is 0 Å². The number of benzene rings is 3. The molecule has 33 heavy (non-hydrogen) atoms. The van der Waals surface area contributed by atoms with E-state index >= 15 is 0 Å². The van der Waals surface area contributed by atoms with Gasteiger partial charge in [-0.25, -0.2) is 0 Å². The van der Waals surface area contributed by atoms with Crippen molar-refractivity contribution in [3.63, 3.8) is 0 Å². The number of nitrogens with one attached hydrogen (secondary N) is 1. The van der Waals surface area contributed by atoms with Crippen molar-refractivity contribution in [1.82, 2.24) is 9.78 Å². The molecule has 0 radical (unpaired) electrons. The molecule has 0 aliphatic carbocycles. The van der Waals surface area contributed by atoms with E-state index in [1.54, 1.807) is 36.4 Å². The number of aromatic nitrogens is 2. The van der Waals surface area contributed by atoms with Gasteiger partial charge in [0.05, 0.1) is 29.2 Å². The molecule has 166 valence electrons. The van der Waals surface area contributed by atoms with Crippen molar-refractivity contribution in [1.29, 1.82) is 0 Å². The standard InChI is InChI=1S/C28H27N3O2/c1-18-9-13-22(14-10-18)17-31-21(4)26(20(3)30-31)29-28(33)25-8-6-5-7-24(25)27(32)23-15-11-19(2)12-16-23/h5-16H,17H2,1-4H3,(H,29,33). The zero-order chi connectivity index (χ0) is 23.5. The van der Waals surface area contributed by atoms with Crippen LogP contribution in [0, 0.1) is 27.7 Å². The number of nitrogens with zero attached hydrogens (tertiary/aromatic N) is 2. The first-order chi connectivity index (χ1) is 15.8. The summed E-state index contributed by atoms with van der Waals surface area (Å²) in [5.74, 6) is -0.503. The molecule has 1 N–H and O–H groups in total. The molecule has 5 heteroatoms. The van der Waals surface area contributed by atoms with Gasteiger partial charge in [0.1, 0.15) is 0 Å². The maximum atomic E-state index is 13.2. The van der Waals surface area contributed by atoms with Crippen molar-refractivity contribution >= 4 is 17.4 Å². The Morgan fingerprint density at radius 2 is 1.36 bits per heavy atom. The summed E-state index contributed by atoms with van der Waals surface area (Å²) in [6.07, 6.45) is 0. The van der Waals surface area contributed by atoms with E-state index in [2.05, 4.69) is 41.6 Å². The molecule has 4 aromatic rings. The highest BCUT2D eigenvalue weighted by Gasteiger charge is 2.21. The van der Waals surface area contributed by atoms with Crippen LogP contribution in [0.4, 0.5) is 5.69 Å². The summed E-state index contributed by atoms with van der Waals surface area (Å²) in [5, 5.41) is 7.61. The topological polar surface area (TPSA) is 64.0 Å². The van der Waals surface area contributed by atoms with Crippen LogP contribution >= 0.6 is 0 Å². The second-order valence-electron chi connectivity index (χ2n) is 8.38. The Labute approximate surface area is 194 Å². The predicted molar refractivity (Wildman–Crippen MR) is 131 cm³/mol. The lowest BCUT2D eigenvalue weighted by Crippen LogP contribution is -2.18. The zero-order valence-corrected chi connectivity index (χ0v) is 19.3. The van der Waals surface area contributed by atoms with Gasteiger partial charge in [0.15, 0.2) is 5.78 Å². The monoisotopic (exact) mass is 437 g/mol. The third-order valence-corrected chi connectivity index (χ3v) is 5.80. The number of hydrogen-bond acceptors (Lipinski definition) is 3. The molecular weight excluding hydrogens is 410 g/mol. The van der Waals surface area contributed by atoms with Crippen LogP contribution in [0.3, 0.4) is 0 Å². The van der Waals surface area contributed by atoms with Crippen LogP contribution in [0.25, 0.3) is 0 Å². The van der Waals surface area contributed by atoms with Crippen LogP contribution < -0.4 is 5.32 Å². The van der Waals surface area contributed by atoms with Crippen LogP contribution in [0.5, 0.6) is 0 Å². The molecule has 1 aromatic heterocycles. The quantitative estimate of drug-likeness (QED) is 0.397. The van der Waals surface area contributed by atoms with Gasteiger partial charge >= 0.3 is 0 Å². The lowest BCUT2D eigenvalue weighted by molar-refractivity contribution is 0.0996. The Morgan fingerprint density at radius 3 is 2.00 bits per heavy atom. The van der Waals surface area contributed by atoms with Gasteiger partial charge < -0.3 is 5.32 Å². The minimum absolute atomic E-state index is 0.177. The lowest BCUT2D eigenvalue weighted by Gasteiger charge is -2.11. The summed E-state index contributed by atoms with van der Waals surface area (Å²) in [5.41, 5.74) is 6.96. The largest absolute Gasteiger partial charge is 0.319 e. The van der Waals surface area contributed by atoms with Gasteiger partial charge in [0.2, 0.25) is 0 Å². The van der Waals surface area contributed by atoms with Gasteiger partial charge in [0, 0.05) is 11.1 Å². The molecule has 5 nitrogen and oxygen atoms in total. The van der Waals surface area contributed by atoms with E-state index in [0.717, 1.165) is 22.5 Å². The third kappa shape index (κ3) is 4.77. The highest BCUT2D eigenvalue weighted by atomic mass is 16.2. The van der Waals surface area contributed by atoms with Gasteiger partial charge in [-0.2, -0.15) is 5.10 Å². The molecular formula is C28H27N3O2. The minimum Gasteiger partial charge on any atom is -0.319 e. The molecule has 0 saturated heterocycles. The fourth-order valence-electron chi connectivity index (χ4n) is 3.82. The smallest absolute Gasteiger partial charge is 0.256 e. The number of carbonyl (C=O) groups excluding carboxylic acids is 2. The first kappa shape index (κ1) is 22.2. The van der Waals surface area contributed by atoms with Crippen molar-refractivity contribution in [3.05, 3.63) is 118 Å². The molecule has 0 unspecified atom stereocenters. The van der Waals surface area contributed by atoms with Crippen LogP contribution in [0.2, 0.25) is 0 Å². The third-order valence-electron chi connectivity index (χ3n) is 5.80. The average Bonchev–Trinajstić information content (AvgIpc) is 3.08. The molecule has 0 atom stereocenters. The maximum Gasteiger partial charge on any atom is 0.256 e. The molecule has 0 spiro atoms. The second kappa shape index (κ2) is 9.25. The molecule has 1 amide bonds.